The van der Waals surface area contributed by atoms with E-state index in [0.29, 0.717) is 0 Å². The molecular weight excluding hydrogens is 320 g/mol. The zero-order chi connectivity index (χ0) is 18.4. The highest BCUT2D eigenvalue weighted by Crippen LogP contribution is 2.43. The van der Waals surface area contributed by atoms with Gasteiger partial charge in [0, 0.05) is 17.8 Å². The highest BCUT2D eigenvalue weighted by atomic mass is 16.6. The summed E-state index contributed by atoms with van der Waals surface area (Å²) in [6, 6.07) is 9.55. The molecule has 25 heavy (non-hydrogen) atoms. The molecule has 0 spiro atoms. The molecule has 1 aromatic carbocycles. The second kappa shape index (κ2) is 8.10. The molecule has 5 nitrogen and oxygen atoms in total. The van der Waals surface area contributed by atoms with Crippen molar-refractivity contribution in [1.29, 1.82) is 0 Å². The second-order valence-electron chi connectivity index (χ2n) is 6.24. The van der Waals surface area contributed by atoms with Gasteiger partial charge in [0.1, 0.15) is 0 Å². The van der Waals surface area contributed by atoms with Gasteiger partial charge in [-0.05, 0) is 25.5 Å². The first-order chi connectivity index (χ1) is 11.9. The van der Waals surface area contributed by atoms with Gasteiger partial charge >= 0.3 is 11.9 Å². The van der Waals surface area contributed by atoms with E-state index >= 15 is 0 Å². The number of ketones is 1. The smallest absolute Gasteiger partial charge is 0.320 e. The Balaban J connectivity index is 2.51. The maximum Gasteiger partial charge on any atom is 0.320 e. The number of rotatable bonds is 6. The first kappa shape index (κ1) is 18.9. The van der Waals surface area contributed by atoms with Crippen LogP contribution in [0.25, 0.3) is 0 Å². The molecule has 0 aromatic heterocycles. The molecule has 134 valence electrons. The highest BCUT2D eigenvalue weighted by Gasteiger charge is 2.49. The molecule has 0 amide bonds. The maximum atomic E-state index is 12.5. The van der Waals surface area contributed by atoms with Crippen LogP contribution in [0.15, 0.2) is 42.5 Å². The van der Waals surface area contributed by atoms with Crippen LogP contribution in [0.5, 0.6) is 0 Å². The predicted molar refractivity (Wildman–Crippen MR) is 92.8 cm³/mol. The summed E-state index contributed by atoms with van der Waals surface area (Å²) in [6.45, 7) is 5.62. The van der Waals surface area contributed by atoms with Gasteiger partial charge in [-0.3, -0.25) is 14.4 Å². The number of carbonyl (C=O) groups is 3. The Bertz CT molecular complexity index is 646. The van der Waals surface area contributed by atoms with Crippen LogP contribution < -0.4 is 0 Å². The predicted octanol–water partition coefficient (Wildman–Crippen LogP) is 2.83. The number of hydrogen-bond donors (Lipinski definition) is 0. The van der Waals surface area contributed by atoms with E-state index in [0.717, 1.165) is 5.56 Å². The van der Waals surface area contributed by atoms with Crippen molar-refractivity contribution in [2.24, 2.45) is 11.8 Å². The third kappa shape index (κ3) is 3.98. The molecule has 0 saturated carbocycles. The third-order valence-electron chi connectivity index (χ3n) is 4.69. The number of hydrogen-bond acceptors (Lipinski definition) is 5. The van der Waals surface area contributed by atoms with Crippen molar-refractivity contribution >= 4 is 17.7 Å². The highest BCUT2D eigenvalue weighted by molar-refractivity contribution is 5.98. The number of allylic oxidation sites excluding steroid dienone is 2. The summed E-state index contributed by atoms with van der Waals surface area (Å²) in [4.78, 5) is 37.1. The van der Waals surface area contributed by atoms with Crippen molar-refractivity contribution < 1.29 is 23.9 Å². The average molecular weight is 344 g/mol. The maximum absolute atomic E-state index is 12.5. The fourth-order valence-electron chi connectivity index (χ4n) is 3.35. The van der Waals surface area contributed by atoms with Gasteiger partial charge in [0.05, 0.1) is 13.2 Å². The fraction of sp³-hybridized carbons (Fsp3) is 0.450. The largest absolute Gasteiger partial charge is 0.465 e. The van der Waals surface area contributed by atoms with Crippen molar-refractivity contribution in [3.63, 3.8) is 0 Å². The molecule has 0 unspecified atom stereocenters. The van der Waals surface area contributed by atoms with E-state index < -0.39 is 29.2 Å². The minimum absolute atomic E-state index is 0.0875. The summed E-state index contributed by atoms with van der Waals surface area (Å²) in [6.07, 6.45) is 3.39. The zero-order valence-electron chi connectivity index (χ0n) is 14.9. The number of carbonyl (C=O) groups excluding carboxylic acids is 3. The number of ether oxygens (including phenoxy) is 2. The first-order valence-electron chi connectivity index (χ1n) is 8.54. The topological polar surface area (TPSA) is 69.7 Å². The van der Waals surface area contributed by atoms with Crippen molar-refractivity contribution in [3.8, 4) is 0 Å². The summed E-state index contributed by atoms with van der Waals surface area (Å²) in [5.74, 6) is -3.10. The van der Waals surface area contributed by atoms with Crippen LogP contribution in [-0.2, 0) is 29.3 Å². The Morgan fingerprint density at radius 1 is 1.12 bits per heavy atom. The van der Waals surface area contributed by atoms with Crippen molar-refractivity contribution in [1.82, 2.24) is 0 Å². The Hall–Kier alpha value is -2.43. The van der Waals surface area contributed by atoms with Crippen LogP contribution in [0.1, 0.15) is 32.8 Å². The Morgan fingerprint density at radius 3 is 2.20 bits per heavy atom. The molecule has 1 aliphatic rings. The molecule has 1 aliphatic carbocycles. The van der Waals surface area contributed by atoms with Gasteiger partial charge in [0.2, 0.25) is 0 Å². The van der Waals surface area contributed by atoms with Gasteiger partial charge in [-0.1, -0.05) is 43.3 Å². The van der Waals surface area contributed by atoms with Gasteiger partial charge in [-0.25, -0.2) is 0 Å². The van der Waals surface area contributed by atoms with Crippen LogP contribution in [0.4, 0.5) is 0 Å². The van der Waals surface area contributed by atoms with E-state index in [1.165, 1.54) is 6.08 Å². The standard InChI is InChI=1S/C20H24O5/c1-4-24-18(22)17(19(23)25-5-2)16-13-15(21)11-12-20(16,3)14-9-7-6-8-10-14/h6-12,16-17H,4-5,13H2,1-3H3/t16-,20-/m1/s1. The van der Waals surface area contributed by atoms with Crippen LogP contribution >= 0.6 is 0 Å². The molecule has 2 atom stereocenters. The van der Waals surface area contributed by atoms with Crippen molar-refractivity contribution in [2.75, 3.05) is 13.2 Å². The lowest BCUT2D eigenvalue weighted by atomic mass is 9.62. The molecule has 0 radical (unpaired) electrons. The van der Waals surface area contributed by atoms with Crippen LogP contribution in [-0.4, -0.2) is 30.9 Å². The van der Waals surface area contributed by atoms with E-state index in [4.69, 9.17) is 9.47 Å². The van der Waals surface area contributed by atoms with Gasteiger partial charge < -0.3 is 9.47 Å². The van der Waals surface area contributed by atoms with Crippen molar-refractivity contribution in [2.45, 2.75) is 32.6 Å². The van der Waals surface area contributed by atoms with Gasteiger partial charge in [-0.2, -0.15) is 0 Å². The van der Waals surface area contributed by atoms with E-state index in [1.807, 2.05) is 37.3 Å². The second-order valence-corrected chi connectivity index (χ2v) is 6.24. The zero-order valence-corrected chi connectivity index (χ0v) is 14.9. The molecule has 5 heteroatoms. The van der Waals surface area contributed by atoms with E-state index in [-0.39, 0.29) is 25.4 Å². The monoisotopic (exact) mass is 344 g/mol. The average Bonchev–Trinajstić information content (AvgIpc) is 2.59. The fourth-order valence-corrected chi connectivity index (χ4v) is 3.35. The summed E-state index contributed by atoms with van der Waals surface area (Å²) >= 11 is 0. The van der Waals surface area contributed by atoms with Gasteiger partial charge in [0.25, 0.3) is 0 Å². The molecule has 0 aliphatic heterocycles. The van der Waals surface area contributed by atoms with Gasteiger partial charge in [0.15, 0.2) is 11.7 Å². The van der Waals surface area contributed by atoms with E-state index in [2.05, 4.69) is 0 Å². The quantitative estimate of drug-likeness (QED) is 0.586. The first-order valence-corrected chi connectivity index (χ1v) is 8.54. The molecular formula is C20H24O5. The minimum atomic E-state index is -1.14. The summed E-state index contributed by atoms with van der Waals surface area (Å²) in [7, 11) is 0. The molecule has 0 bridgehead atoms. The lowest BCUT2D eigenvalue weighted by Crippen LogP contribution is -2.46. The molecule has 0 saturated heterocycles. The SMILES string of the molecule is CCOC(=O)C(C(=O)OCC)[C@H]1CC(=O)C=C[C@]1(C)c1ccccc1. The molecule has 2 rings (SSSR count). The van der Waals surface area contributed by atoms with E-state index in [9.17, 15) is 14.4 Å². The Kier molecular flexibility index (Phi) is 6.12. The Morgan fingerprint density at radius 2 is 1.68 bits per heavy atom. The Labute approximate surface area is 148 Å². The van der Waals surface area contributed by atoms with Crippen LogP contribution in [0.2, 0.25) is 0 Å². The van der Waals surface area contributed by atoms with Crippen LogP contribution in [0, 0.1) is 11.8 Å². The molecule has 0 N–H and O–H groups in total. The van der Waals surface area contributed by atoms with E-state index in [1.54, 1.807) is 19.9 Å². The van der Waals surface area contributed by atoms with Crippen molar-refractivity contribution in [3.05, 3.63) is 48.0 Å². The number of benzene rings is 1. The molecule has 0 heterocycles. The normalized spacial score (nSPS) is 22.7. The summed E-state index contributed by atoms with van der Waals surface area (Å²) in [5.41, 5.74) is 0.279. The summed E-state index contributed by atoms with van der Waals surface area (Å²) < 4.78 is 10.2. The molecule has 1 aromatic rings. The van der Waals surface area contributed by atoms with Gasteiger partial charge in [-0.15, -0.1) is 0 Å². The van der Waals surface area contributed by atoms with Crippen LogP contribution in [0.3, 0.4) is 0 Å². The number of esters is 2. The lowest BCUT2D eigenvalue weighted by molar-refractivity contribution is -0.165. The minimum Gasteiger partial charge on any atom is -0.465 e. The summed E-state index contributed by atoms with van der Waals surface area (Å²) in [5, 5.41) is 0. The lowest BCUT2D eigenvalue weighted by Gasteiger charge is -2.40. The third-order valence-corrected chi connectivity index (χ3v) is 4.69. The molecule has 0 fully saturated rings.